The van der Waals surface area contributed by atoms with Crippen LogP contribution in [0.25, 0.3) is 0 Å². The molecular weight excluding hydrogens is 294 g/mol. The van der Waals surface area contributed by atoms with Crippen LogP contribution in [0.5, 0.6) is 5.75 Å². The highest BCUT2D eigenvalue weighted by molar-refractivity contribution is 9.09. The molecule has 1 aromatic carbocycles. The van der Waals surface area contributed by atoms with Gasteiger partial charge in [-0.05, 0) is 43.5 Å². The maximum absolute atomic E-state index is 12.1. The van der Waals surface area contributed by atoms with E-state index in [-0.39, 0.29) is 11.7 Å². The van der Waals surface area contributed by atoms with E-state index in [2.05, 4.69) is 15.9 Å². The number of amides is 1. The van der Waals surface area contributed by atoms with Gasteiger partial charge in [0, 0.05) is 24.5 Å². The van der Waals surface area contributed by atoms with Gasteiger partial charge in [0.05, 0.1) is 0 Å². The average molecular weight is 314 g/mol. The lowest BCUT2D eigenvalue weighted by Gasteiger charge is -2.17. The molecule has 0 bridgehead atoms. The molecule has 0 spiro atoms. The lowest BCUT2D eigenvalue weighted by Crippen LogP contribution is -2.27. The zero-order chi connectivity index (χ0) is 13.5. The molecule has 0 aliphatic rings. The summed E-state index contributed by atoms with van der Waals surface area (Å²) in [5, 5.41) is 10.5. The van der Waals surface area contributed by atoms with E-state index < -0.39 is 0 Å². The minimum absolute atomic E-state index is 0.0111. The normalized spacial score (nSPS) is 10.4. The van der Waals surface area contributed by atoms with Crippen molar-refractivity contribution in [2.45, 2.75) is 26.2 Å². The van der Waals surface area contributed by atoms with E-state index in [1.54, 1.807) is 30.0 Å². The summed E-state index contributed by atoms with van der Waals surface area (Å²) in [4.78, 5) is 13.8. The van der Waals surface area contributed by atoms with Gasteiger partial charge in [0.25, 0.3) is 5.91 Å². The minimum Gasteiger partial charge on any atom is -0.508 e. The molecule has 0 radical (unpaired) electrons. The monoisotopic (exact) mass is 313 g/mol. The molecule has 1 N–H and O–H groups in total. The van der Waals surface area contributed by atoms with E-state index >= 15 is 0 Å². The number of phenols is 1. The van der Waals surface area contributed by atoms with E-state index in [1.165, 1.54) is 0 Å². The third-order valence-electron chi connectivity index (χ3n) is 2.92. The number of hydrogen-bond acceptors (Lipinski definition) is 2. The third kappa shape index (κ3) is 4.33. The Morgan fingerprint density at radius 3 is 2.67 bits per heavy atom. The highest BCUT2D eigenvalue weighted by Crippen LogP contribution is 2.18. The third-order valence-corrected chi connectivity index (χ3v) is 3.48. The Labute approximate surface area is 117 Å². The molecule has 18 heavy (non-hydrogen) atoms. The number of phenolic OH excluding ortho intramolecular Hbond substituents is 1. The maximum Gasteiger partial charge on any atom is 0.253 e. The Morgan fingerprint density at radius 2 is 2.06 bits per heavy atom. The first-order chi connectivity index (χ1) is 8.56. The van der Waals surface area contributed by atoms with Crippen molar-refractivity contribution in [1.82, 2.24) is 4.90 Å². The molecule has 3 nitrogen and oxygen atoms in total. The number of alkyl halides is 1. The highest BCUT2D eigenvalue weighted by atomic mass is 79.9. The molecule has 0 saturated heterocycles. The van der Waals surface area contributed by atoms with Crippen LogP contribution in [0.15, 0.2) is 18.2 Å². The fourth-order valence-corrected chi connectivity index (χ4v) is 2.13. The van der Waals surface area contributed by atoms with Gasteiger partial charge in [-0.2, -0.15) is 0 Å². The highest BCUT2D eigenvalue weighted by Gasteiger charge is 2.12. The van der Waals surface area contributed by atoms with Crippen LogP contribution in [0.3, 0.4) is 0 Å². The van der Waals surface area contributed by atoms with E-state index in [9.17, 15) is 9.90 Å². The second-order valence-corrected chi connectivity index (χ2v) is 5.27. The average Bonchev–Trinajstić information content (AvgIpc) is 2.37. The number of hydrogen-bond donors (Lipinski definition) is 1. The standard InChI is InChI=1S/C14H20BrNO2/c1-11-10-12(6-7-13(11)17)14(18)16(2)9-5-3-4-8-15/h6-7,10,17H,3-5,8-9H2,1-2H3. The van der Waals surface area contributed by atoms with Gasteiger partial charge < -0.3 is 10.0 Å². The van der Waals surface area contributed by atoms with Crippen molar-refractivity contribution >= 4 is 21.8 Å². The Bertz CT molecular complexity index is 407. The van der Waals surface area contributed by atoms with Gasteiger partial charge in [-0.1, -0.05) is 22.4 Å². The van der Waals surface area contributed by atoms with Gasteiger partial charge in [-0.25, -0.2) is 0 Å². The summed E-state index contributed by atoms with van der Waals surface area (Å²) in [6.45, 7) is 2.56. The van der Waals surface area contributed by atoms with Crippen molar-refractivity contribution in [2.24, 2.45) is 0 Å². The Hall–Kier alpha value is -1.03. The SMILES string of the molecule is Cc1cc(C(=O)N(C)CCCCCBr)ccc1O. The molecule has 0 aliphatic heterocycles. The number of carbonyl (C=O) groups is 1. The van der Waals surface area contributed by atoms with Gasteiger partial charge in [-0.3, -0.25) is 4.79 Å². The van der Waals surface area contributed by atoms with Crippen LogP contribution in [0.1, 0.15) is 35.2 Å². The molecule has 4 heteroatoms. The molecule has 0 aliphatic carbocycles. The zero-order valence-electron chi connectivity index (χ0n) is 10.9. The molecule has 1 amide bonds. The number of rotatable bonds is 6. The maximum atomic E-state index is 12.1. The summed E-state index contributed by atoms with van der Waals surface area (Å²) in [5.74, 6) is 0.239. The summed E-state index contributed by atoms with van der Waals surface area (Å²) in [7, 11) is 1.82. The van der Waals surface area contributed by atoms with Gasteiger partial charge in [0.15, 0.2) is 0 Å². The lowest BCUT2D eigenvalue weighted by atomic mass is 10.1. The second-order valence-electron chi connectivity index (χ2n) is 4.48. The molecule has 0 atom stereocenters. The van der Waals surface area contributed by atoms with Crippen LogP contribution in [-0.4, -0.2) is 34.8 Å². The molecule has 0 saturated carbocycles. The molecule has 0 aromatic heterocycles. The van der Waals surface area contributed by atoms with Crippen LogP contribution in [-0.2, 0) is 0 Å². The van der Waals surface area contributed by atoms with Crippen LogP contribution in [0.2, 0.25) is 0 Å². The molecule has 1 aromatic rings. The summed E-state index contributed by atoms with van der Waals surface area (Å²) in [5.41, 5.74) is 1.36. The van der Waals surface area contributed by atoms with Gasteiger partial charge in [0.2, 0.25) is 0 Å². The van der Waals surface area contributed by atoms with E-state index in [4.69, 9.17) is 0 Å². The molecular formula is C14H20BrNO2. The smallest absolute Gasteiger partial charge is 0.253 e. The van der Waals surface area contributed by atoms with Crippen molar-refractivity contribution in [3.63, 3.8) is 0 Å². The topological polar surface area (TPSA) is 40.5 Å². The first-order valence-electron chi connectivity index (χ1n) is 6.17. The molecule has 0 fully saturated rings. The fourth-order valence-electron chi connectivity index (χ4n) is 1.73. The van der Waals surface area contributed by atoms with Crippen molar-refractivity contribution in [1.29, 1.82) is 0 Å². The zero-order valence-corrected chi connectivity index (χ0v) is 12.5. The van der Waals surface area contributed by atoms with Crippen molar-refractivity contribution in [3.05, 3.63) is 29.3 Å². The molecule has 0 heterocycles. The van der Waals surface area contributed by atoms with E-state index in [1.807, 2.05) is 7.05 Å². The molecule has 0 unspecified atom stereocenters. The predicted octanol–water partition coefficient (Wildman–Crippen LogP) is 3.34. The van der Waals surface area contributed by atoms with Crippen molar-refractivity contribution in [3.8, 4) is 5.75 Å². The summed E-state index contributed by atoms with van der Waals surface area (Å²) >= 11 is 3.39. The van der Waals surface area contributed by atoms with Gasteiger partial charge >= 0.3 is 0 Å². The van der Waals surface area contributed by atoms with Crippen molar-refractivity contribution in [2.75, 3.05) is 18.9 Å². The Kier molecular flexibility index (Phi) is 6.19. The minimum atomic E-state index is 0.0111. The number of halogens is 1. The van der Waals surface area contributed by atoms with Gasteiger partial charge in [0.1, 0.15) is 5.75 Å². The van der Waals surface area contributed by atoms with Crippen LogP contribution in [0.4, 0.5) is 0 Å². The second kappa shape index (κ2) is 7.41. The van der Waals surface area contributed by atoms with E-state index in [0.29, 0.717) is 5.56 Å². The van der Waals surface area contributed by atoms with Crippen LogP contribution < -0.4 is 0 Å². The van der Waals surface area contributed by atoms with Crippen LogP contribution >= 0.6 is 15.9 Å². The number of unbranched alkanes of at least 4 members (excludes halogenated alkanes) is 2. The van der Waals surface area contributed by atoms with Crippen LogP contribution in [0, 0.1) is 6.92 Å². The summed E-state index contributed by atoms with van der Waals surface area (Å²) in [6, 6.07) is 4.97. The number of benzene rings is 1. The first kappa shape index (κ1) is 15.0. The summed E-state index contributed by atoms with van der Waals surface area (Å²) < 4.78 is 0. The Morgan fingerprint density at radius 1 is 1.33 bits per heavy atom. The predicted molar refractivity (Wildman–Crippen MR) is 77.4 cm³/mol. The first-order valence-corrected chi connectivity index (χ1v) is 7.29. The molecule has 1 rings (SSSR count). The Balaban J connectivity index is 2.54. The van der Waals surface area contributed by atoms with Gasteiger partial charge in [-0.15, -0.1) is 0 Å². The van der Waals surface area contributed by atoms with Crippen molar-refractivity contribution < 1.29 is 9.90 Å². The quantitative estimate of drug-likeness (QED) is 0.646. The fraction of sp³-hybridized carbons (Fsp3) is 0.500. The number of carbonyl (C=O) groups excluding carboxylic acids is 1. The largest absolute Gasteiger partial charge is 0.508 e. The number of aryl methyl sites for hydroxylation is 1. The number of nitrogens with zero attached hydrogens (tertiary/aromatic N) is 1. The molecule has 100 valence electrons. The van der Waals surface area contributed by atoms with E-state index in [0.717, 1.165) is 36.7 Å². The summed E-state index contributed by atoms with van der Waals surface area (Å²) in [6.07, 6.45) is 3.28. The number of aromatic hydroxyl groups is 1. The lowest BCUT2D eigenvalue weighted by molar-refractivity contribution is 0.0792.